The molecule has 0 radical (unpaired) electrons. The van der Waals surface area contributed by atoms with Crippen LogP contribution in [0.1, 0.15) is 47.2 Å². The third-order valence-electron chi connectivity index (χ3n) is 7.92. The number of hydrogen-bond acceptors (Lipinski definition) is 6. The van der Waals surface area contributed by atoms with Gasteiger partial charge in [-0.25, -0.2) is 4.98 Å². The first-order valence-corrected chi connectivity index (χ1v) is 14.9. The monoisotopic (exact) mass is 579 g/mol. The van der Waals surface area contributed by atoms with E-state index in [2.05, 4.69) is 48.0 Å². The number of amides is 1. The maximum atomic E-state index is 13.8. The normalized spacial score (nSPS) is 13.4. The van der Waals surface area contributed by atoms with Crippen LogP contribution in [0.3, 0.4) is 0 Å². The number of carbonyl (C=O) groups is 2. The lowest BCUT2D eigenvalue weighted by atomic mass is 10.0. The van der Waals surface area contributed by atoms with Crippen LogP contribution < -0.4 is 15.1 Å². The van der Waals surface area contributed by atoms with Crippen molar-refractivity contribution in [1.29, 1.82) is 0 Å². The van der Waals surface area contributed by atoms with Gasteiger partial charge in [0.05, 0.1) is 6.61 Å². The fourth-order valence-corrected chi connectivity index (χ4v) is 5.78. The number of methoxy groups -OCH3 is 1. The van der Waals surface area contributed by atoms with Crippen LogP contribution in [0.25, 0.3) is 11.1 Å². The van der Waals surface area contributed by atoms with E-state index in [0.29, 0.717) is 24.5 Å². The summed E-state index contributed by atoms with van der Waals surface area (Å²) in [5.41, 5.74) is 6.95. The maximum absolute atomic E-state index is 13.8. The summed E-state index contributed by atoms with van der Waals surface area (Å²) in [6.45, 7) is 12.7. The van der Waals surface area contributed by atoms with Crippen molar-refractivity contribution in [1.82, 2.24) is 9.55 Å². The molecule has 2 aromatic heterocycles. The van der Waals surface area contributed by atoms with Crippen molar-refractivity contribution in [2.45, 2.75) is 40.2 Å². The summed E-state index contributed by atoms with van der Waals surface area (Å²) in [5, 5.41) is 2.84. The van der Waals surface area contributed by atoms with Gasteiger partial charge in [-0.2, -0.15) is 0 Å². The largest absolute Gasteiger partial charge is 0.383 e. The fraction of sp³-hybridized carbons (Fsp3) is 0.343. The second kappa shape index (κ2) is 13.3. The van der Waals surface area contributed by atoms with Crippen LogP contribution in [0.5, 0.6) is 0 Å². The summed E-state index contributed by atoms with van der Waals surface area (Å²) < 4.78 is 7.28. The van der Waals surface area contributed by atoms with Gasteiger partial charge in [-0.3, -0.25) is 9.59 Å². The Balaban J connectivity index is 1.30. The molecular weight excluding hydrogens is 538 g/mol. The van der Waals surface area contributed by atoms with Crippen LogP contribution in [-0.2, 0) is 16.1 Å². The molecule has 43 heavy (non-hydrogen) atoms. The quantitative estimate of drug-likeness (QED) is 0.181. The Kier molecular flexibility index (Phi) is 9.26. The van der Waals surface area contributed by atoms with Crippen molar-refractivity contribution in [3.63, 3.8) is 0 Å². The Bertz CT molecular complexity index is 1550. The SMILES string of the molecule is COCCn1c(C(C)C)cc(-c2ccccc2)c1C(=O)C(=O)Nc1ccc(N2CCN(c3cc(C)cc(C)n3)CC2)cc1. The van der Waals surface area contributed by atoms with Gasteiger partial charge < -0.3 is 24.4 Å². The molecule has 8 nitrogen and oxygen atoms in total. The van der Waals surface area contributed by atoms with Gasteiger partial charge in [0.2, 0.25) is 0 Å². The molecule has 2 aromatic carbocycles. The lowest BCUT2D eigenvalue weighted by molar-refractivity contribution is -0.112. The topological polar surface area (TPSA) is 79.7 Å². The predicted molar refractivity (Wildman–Crippen MR) is 173 cm³/mol. The molecule has 1 amide bonds. The molecule has 224 valence electrons. The zero-order valence-corrected chi connectivity index (χ0v) is 25.8. The lowest BCUT2D eigenvalue weighted by Crippen LogP contribution is -2.46. The fourth-order valence-electron chi connectivity index (χ4n) is 5.78. The number of ketones is 1. The Hall–Kier alpha value is -4.43. The third-order valence-corrected chi connectivity index (χ3v) is 7.92. The van der Waals surface area contributed by atoms with Crippen LogP contribution in [0.15, 0.2) is 72.8 Å². The van der Waals surface area contributed by atoms with Gasteiger partial charge in [-0.1, -0.05) is 44.2 Å². The highest BCUT2D eigenvalue weighted by atomic mass is 16.5. The molecule has 0 aliphatic carbocycles. The highest BCUT2D eigenvalue weighted by molar-refractivity contribution is 6.47. The average molecular weight is 580 g/mol. The zero-order chi connectivity index (χ0) is 30.5. The highest BCUT2D eigenvalue weighted by Gasteiger charge is 2.28. The van der Waals surface area contributed by atoms with Gasteiger partial charge in [0.25, 0.3) is 11.7 Å². The van der Waals surface area contributed by atoms with E-state index in [1.165, 1.54) is 5.56 Å². The summed E-state index contributed by atoms with van der Waals surface area (Å²) >= 11 is 0. The third kappa shape index (κ3) is 6.81. The average Bonchev–Trinajstić information content (AvgIpc) is 3.40. The minimum Gasteiger partial charge on any atom is -0.383 e. The van der Waals surface area contributed by atoms with E-state index in [1.807, 2.05) is 72.2 Å². The molecule has 1 fully saturated rings. The number of benzene rings is 2. The Morgan fingerprint density at radius 2 is 1.58 bits per heavy atom. The van der Waals surface area contributed by atoms with E-state index < -0.39 is 11.7 Å². The number of anilines is 3. The van der Waals surface area contributed by atoms with Gasteiger partial charge in [-0.15, -0.1) is 0 Å². The number of ether oxygens (including phenoxy) is 1. The summed E-state index contributed by atoms with van der Waals surface area (Å²) in [7, 11) is 1.64. The summed E-state index contributed by atoms with van der Waals surface area (Å²) in [6.07, 6.45) is 0. The van der Waals surface area contributed by atoms with E-state index in [0.717, 1.165) is 60.2 Å². The van der Waals surface area contributed by atoms with E-state index in [4.69, 9.17) is 9.72 Å². The Morgan fingerprint density at radius 3 is 2.21 bits per heavy atom. The van der Waals surface area contributed by atoms with Gasteiger partial charge >= 0.3 is 0 Å². The lowest BCUT2D eigenvalue weighted by Gasteiger charge is -2.37. The van der Waals surface area contributed by atoms with E-state index in [-0.39, 0.29) is 5.92 Å². The van der Waals surface area contributed by atoms with E-state index in [1.54, 1.807) is 7.11 Å². The van der Waals surface area contributed by atoms with E-state index in [9.17, 15) is 9.59 Å². The molecule has 0 atom stereocenters. The molecule has 8 heteroatoms. The minimum absolute atomic E-state index is 0.163. The first-order valence-electron chi connectivity index (χ1n) is 14.9. The van der Waals surface area contributed by atoms with Crippen LogP contribution in [0.2, 0.25) is 0 Å². The zero-order valence-electron chi connectivity index (χ0n) is 25.8. The molecule has 1 aliphatic heterocycles. The number of rotatable bonds is 10. The molecule has 0 saturated carbocycles. The van der Waals surface area contributed by atoms with Crippen LogP contribution >= 0.6 is 0 Å². The van der Waals surface area contributed by atoms with Crippen molar-refractivity contribution in [3.8, 4) is 11.1 Å². The smallest absolute Gasteiger partial charge is 0.298 e. The summed E-state index contributed by atoms with van der Waals surface area (Å²) in [6, 6.07) is 23.7. The highest BCUT2D eigenvalue weighted by Crippen LogP contribution is 2.32. The van der Waals surface area contributed by atoms with Gasteiger partial charge in [0.15, 0.2) is 0 Å². The number of aromatic nitrogens is 2. The number of nitrogens with zero attached hydrogens (tertiary/aromatic N) is 4. The minimum atomic E-state index is -0.661. The van der Waals surface area contributed by atoms with Crippen molar-refractivity contribution in [2.75, 3.05) is 55.0 Å². The number of hydrogen-bond donors (Lipinski definition) is 1. The molecule has 0 spiro atoms. The van der Waals surface area contributed by atoms with Crippen LogP contribution in [0, 0.1) is 13.8 Å². The number of nitrogens with one attached hydrogen (secondary N) is 1. The molecule has 3 heterocycles. The van der Waals surface area contributed by atoms with Crippen LogP contribution in [0.4, 0.5) is 17.2 Å². The molecule has 4 aromatic rings. The second-order valence-corrected chi connectivity index (χ2v) is 11.4. The predicted octanol–water partition coefficient (Wildman–Crippen LogP) is 6.08. The molecule has 5 rings (SSSR count). The maximum Gasteiger partial charge on any atom is 0.298 e. The molecule has 1 N–H and O–H groups in total. The van der Waals surface area contributed by atoms with Gasteiger partial charge in [0, 0.05) is 68.2 Å². The summed E-state index contributed by atoms with van der Waals surface area (Å²) in [4.78, 5) is 36.5. The number of carbonyl (C=O) groups excluding carboxylic acids is 2. The first kappa shape index (κ1) is 30.0. The van der Waals surface area contributed by atoms with Crippen molar-refractivity contribution in [3.05, 3.63) is 95.4 Å². The number of Topliss-reactive ketones (excluding diaryl/α,β-unsaturated/α-hetero) is 1. The standard InChI is InChI=1S/C35H41N5O3/c1-24(2)31-23-30(27-9-7-6-8-10-27)33(40(31)19-20-43-5)34(41)35(42)37-28-11-13-29(14-12-28)38-15-17-39(18-16-38)32-22-25(3)21-26(4)36-32/h6-14,21-24H,15-20H2,1-5H3,(H,37,42). The molecule has 1 saturated heterocycles. The number of aryl methyl sites for hydroxylation is 2. The number of pyridine rings is 1. The van der Waals surface area contributed by atoms with Gasteiger partial charge in [0.1, 0.15) is 11.5 Å². The van der Waals surface area contributed by atoms with Crippen molar-refractivity contribution in [2.24, 2.45) is 0 Å². The second-order valence-electron chi connectivity index (χ2n) is 11.4. The summed E-state index contributed by atoms with van der Waals surface area (Å²) in [5.74, 6) is -0.0340. The van der Waals surface area contributed by atoms with E-state index >= 15 is 0 Å². The van der Waals surface area contributed by atoms with Gasteiger partial charge in [-0.05, 0) is 73.4 Å². The van der Waals surface area contributed by atoms with Crippen LogP contribution in [-0.4, -0.2) is 61.1 Å². The van der Waals surface area contributed by atoms with Crippen molar-refractivity contribution < 1.29 is 14.3 Å². The molecular formula is C35H41N5O3. The molecule has 0 unspecified atom stereocenters. The Morgan fingerprint density at radius 1 is 0.907 bits per heavy atom. The molecule has 1 aliphatic rings. The molecule has 0 bridgehead atoms. The first-order chi connectivity index (χ1) is 20.7. The van der Waals surface area contributed by atoms with Crippen molar-refractivity contribution >= 4 is 28.9 Å². The number of piperazine rings is 1. The Labute approximate surface area is 254 Å².